The van der Waals surface area contributed by atoms with Crippen molar-refractivity contribution in [1.29, 1.82) is 0 Å². The van der Waals surface area contributed by atoms with Crippen molar-refractivity contribution in [2.75, 3.05) is 13.7 Å². The summed E-state index contributed by atoms with van der Waals surface area (Å²) in [6.45, 7) is 1.41. The Hall–Kier alpha value is -3.70. The highest BCUT2D eigenvalue weighted by molar-refractivity contribution is 7.99. The molecule has 0 bridgehead atoms. The molecule has 0 radical (unpaired) electrons. The highest BCUT2D eigenvalue weighted by atomic mass is 35.5. The maximum Gasteiger partial charge on any atom is 0.220 e. The Balaban J connectivity index is 1.64. The molecular weight excluding hydrogens is 526 g/mol. The monoisotopic (exact) mass is 546 g/mol. The second kappa shape index (κ2) is 11.6. The van der Waals surface area contributed by atoms with Crippen LogP contribution >= 0.6 is 23.4 Å². The Bertz CT molecular complexity index is 1400. The summed E-state index contributed by atoms with van der Waals surface area (Å²) in [5.74, 6) is 0.332. The number of hydrogen-bond donors (Lipinski definition) is 0. The van der Waals surface area contributed by atoms with Crippen LogP contribution in [0.4, 0.5) is 8.78 Å². The zero-order valence-electron chi connectivity index (χ0n) is 19.7. The largest absolute Gasteiger partial charge is 0.493 e. The minimum Gasteiger partial charge on any atom is -0.493 e. The molecule has 0 aliphatic rings. The lowest BCUT2D eigenvalue weighted by atomic mass is 10.1. The Morgan fingerprint density at radius 1 is 1.08 bits per heavy atom. The molecule has 0 aliphatic carbocycles. The fraction of sp³-hybridized carbons (Fsp3) is 0.200. The van der Waals surface area contributed by atoms with Gasteiger partial charge in [-0.05, 0) is 66.6 Å². The van der Waals surface area contributed by atoms with Crippen LogP contribution in [0.25, 0.3) is 5.69 Å². The predicted molar refractivity (Wildman–Crippen MR) is 135 cm³/mol. The van der Waals surface area contributed by atoms with Gasteiger partial charge in [0, 0.05) is 10.6 Å². The molecule has 4 rings (SSSR count). The number of aryl methyl sites for hydroxylation is 1. The van der Waals surface area contributed by atoms with Crippen molar-refractivity contribution in [2.24, 2.45) is 0 Å². The minimum atomic E-state index is -0.713. The highest BCUT2D eigenvalue weighted by Gasteiger charge is 2.26. The average molecular weight is 547 g/mol. The molecule has 0 amide bonds. The van der Waals surface area contributed by atoms with Gasteiger partial charge in [-0.1, -0.05) is 35.5 Å². The van der Waals surface area contributed by atoms with Gasteiger partial charge in [-0.15, -0.1) is 10.2 Å². The Morgan fingerprint density at radius 2 is 1.73 bits per heavy atom. The van der Waals surface area contributed by atoms with Gasteiger partial charge in [0.15, 0.2) is 16.7 Å². The highest BCUT2D eigenvalue weighted by Crippen LogP contribution is 2.43. The van der Waals surface area contributed by atoms with Crippen molar-refractivity contribution in [3.05, 3.63) is 104 Å². The van der Waals surface area contributed by atoms with Gasteiger partial charge in [0.1, 0.15) is 29.3 Å². The number of hydrogen-bond acceptors (Lipinski definition) is 7. The molecule has 192 valence electrons. The molecule has 0 spiro atoms. The Morgan fingerprint density at radius 3 is 2.35 bits per heavy atom. The van der Waals surface area contributed by atoms with Crippen LogP contribution in [0.15, 0.2) is 65.8 Å². The summed E-state index contributed by atoms with van der Waals surface area (Å²) in [5.41, 5.74) is 1.86. The second-order valence-electron chi connectivity index (χ2n) is 7.91. The molecule has 3 aromatic carbocycles. The first kappa shape index (κ1) is 26.4. The van der Waals surface area contributed by atoms with E-state index >= 15 is 0 Å². The fourth-order valence-corrected chi connectivity index (χ4v) is 5.01. The maximum absolute atomic E-state index is 13.4. The number of ether oxygens (including phenoxy) is 2. The predicted octanol–water partition coefficient (Wildman–Crippen LogP) is 6.21. The van der Waals surface area contributed by atoms with Gasteiger partial charge in [-0.25, -0.2) is 8.78 Å². The van der Waals surface area contributed by atoms with Gasteiger partial charge in [0.2, 0.25) is 6.54 Å². The van der Waals surface area contributed by atoms with Gasteiger partial charge < -0.3 is 9.47 Å². The molecule has 1 heterocycles. The molecule has 12 heteroatoms. The van der Waals surface area contributed by atoms with E-state index in [2.05, 4.69) is 10.2 Å². The number of halogens is 3. The Kier molecular flexibility index (Phi) is 8.24. The standard InChI is InChI=1S/C25H21ClF2N4O4S/c1-15-29-30-25(32(15)20-9-7-19(28)8-10-20)37-23(13-31(33)34)17-11-21(26)24(22(12-17)35-2)36-14-16-3-5-18(27)6-4-16/h3-12,23H,13-14H2,1-2H3/t23-/m0/s1. The first-order valence-corrected chi connectivity index (χ1v) is 12.2. The summed E-state index contributed by atoms with van der Waals surface area (Å²) in [6, 6.07) is 14.8. The van der Waals surface area contributed by atoms with Gasteiger partial charge in [-0.2, -0.15) is 0 Å². The van der Waals surface area contributed by atoms with Crippen LogP contribution in [0.2, 0.25) is 5.02 Å². The number of rotatable bonds is 10. The Labute approximate surface area is 220 Å². The zero-order chi connectivity index (χ0) is 26.5. The maximum atomic E-state index is 13.4. The van der Waals surface area contributed by atoms with Crippen molar-refractivity contribution in [1.82, 2.24) is 14.8 Å². The lowest BCUT2D eigenvalue weighted by molar-refractivity contribution is -0.479. The molecule has 1 atom stereocenters. The van der Waals surface area contributed by atoms with E-state index in [0.717, 1.165) is 17.3 Å². The third-order valence-electron chi connectivity index (χ3n) is 5.36. The van der Waals surface area contributed by atoms with Crippen molar-refractivity contribution >= 4 is 23.4 Å². The van der Waals surface area contributed by atoms with E-state index in [1.54, 1.807) is 47.9 Å². The van der Waals surface area contributed by atoms with Crippen LogP contribution in [0, 0.1) is 28.7 Å². The van der Waals surface area contributed by atoms with Crippen molar-refractivity contribution in [3.8, 4) is 17.2 Å². The quantitative estimate of drug-likeness (QED) is 0.133. The lowest BCUT2D eigenvalue weighted by Gasteiger charge is -2.18. The van der Waals surface area contributed by atoms with E-state index in [-0.39, 0.29) is 28.9 Å². The average Bonchev–Trinajstić information content (AvgIpc) is 3.23. The van der Waals surface area contributed by atoms with Crippen LogP contribution in [-0.2, 0) is 6.61 Å². The molecule has 1 aromatic heterocycles. The number of benzene rings is 3. The lowest BCUT2D eigenvalue weighted by Crippen LogP contribution is -2.12. The van der Waals surface area contributed by atoms with E-state index in [9.17, 15) is 18.9 Å². The second-order valence-corrected chi connectivity index (χ2v) is 9.49. The molecule has 8 nitrogen and oxygen atoms in total. The van der Waals surface area contributed by atoms with Crippen molar-refractivity contribution < 1.29 is 23.2 Å². The van der Waals surface area contributed by atoms with E-state index in [1.165, 1.54) is 31.4 Å². The number of aromatic nitrogens is 3. The van der Waals surface area contributed by atoms with E-state index in [1.807, 2.05) is 0 Å². The third kappa shape index (κ3) is 6.36. The van der Waals surface area contributed by atoms with Crippen molar-refractivity contribution in [3.63, 3.8) is 0 Å². The molecule has 37 heavy (non-hydrogen) atoms. The summed E-state index contributed by atoms with van der Waals surface area (Å²) in [7, 11) is 1.43. The third-order valence-corrected chi connectivity index (χ3v) is 6.82. The normalized spacial score (nSPS) is 11.8. The summed E-state index contributed by atoms with van der Waals surface area (Å²) in [4.78, 5) is 11.1. The fourth-order valence-electron chi connectivity index (χ4n) is 3.58. The number of nitro groups is 1. The molecule has 0 N–H and O–H groups in total. The zero-order valence-corrected chi connectivity index (χ0v) is 21.3. The molecule has 4 aromatic rings. The minimum absolute atomic E-state index is 0.114. The summed E-state index contributed by atoms with van der Waals surface area (Å²) in [5, 5.41) is 19.7. The molecule has 0 saturated heterocycles. The van der Waals surface area contributed by atoms with Gasteiger partial charge in [-0.3, -0.25) is 14.7 Å². The van der Waals surface area contributed by atoms with E-state index < -0.39 is 22.5 Å². The summed E-state index contributed by atoms with van der Waals surface area (Å²) in [6.07, 6.45) is 0. The van der Waals surface area contributed by atoms with E-state index in [4.69, 9.17) is 21.1 Å². The summed E-state index contributed by atoms with van der Waals surface area (Å²) < 4.78 is 39.6. The van der Waals surface area contributed by atoms with E-state index in [0.29, 0.717) is 22.2 Å². The van der Waals surface area contributed by atoms with Crippen LogP contribution < -0.4 is 9.47 Å². The van der Waals surface area contributed by atoms with Crippen LogP contribution in [0.1, 0.15) is 22.2 Å². The van der Waals surface area contributed by atoms with Gasteiger partial charge >= 0.3 is 0 Å². The molecule has 0 saturated carbocycles. The number of methoxy groups -OCH3 is 1. The molecule has 0 aliphatic heterocycles. The summed E-state index contributed by atoms with van der Waals surface area (Å²) >= 11 is 7.65. The molecule has 0 fully saturated rings. The van der Waals surface area contributed by atoms with Crippen molar-refractivity contribution in [2.45, 2.75) is 23.9 Å². The first-order valence-electron chi connectivity index (χ1n) is 11.0. The smallest absolute Gasteiger partial charge is 0.220 e. The number of thioether (sulfide) groups is 1. The van der Waals surface area contributed by atoms with Crippen LogP contribution in [0.5, 0.6) is 11.5 Å². The topological polar surface area (TPSA) is 92.3 Å². The molecular formula is C25H21ClF2N4O4S. The van der Waals surface area contributed by atoms with Crippen LogP contribution in [0.3, 0.4) is 0 Å². The molecule has 0 unspecified atom stereocenters. The van der Waals surface area contributed by atoms with Crippen LogP contribution in [-0.4, -0.2) is 33.3 Å². The SMILES string of the molecule is COc1cc([C@H](C[N+](=O)[O-])Sc2nnc(C)n2-c2ccc(F)cc2)cc(Cl)c1OCc1ccc(F)cc1. The number of nitrogens with zero attached hydrogens (tertiary/aromatic N) is 4. The first-order chi connectivity index (χ1) is 17.7. The van der Waals surface area contributed by atoms with Gasteiger partial charge in [0.05, 0.1) is 12.1 Å². The van der Waals surface area contributed by atoms with Gasteiger partial charge in [0.25, 0.3) is 0 Å².